The first kappa shape index (κ1) is 16.5. The van der Waals surface area contributed by atoms with Gasteiger partial charge in [-0.3, -0.25) is 4.79 Å². The van der Waals surface area contributed by atoms with Crippen LogP contribution >= 0.6 is 0 Å². The van der Waals surface area contributed by atoms with Gasteiger partial charge in [-0.05, 0) is 39.0 Å². The summed E-state index contributed by atoms with van der Waals surface area (Å²) in [6, 6.07) is 0.762. The van der Waals surface area contributed by atoms with E-state index in [9.17, 15) is 4.79 Å². The summed E-state index contributed by atoms with van der Waals surface area (Å²) in [6.45, 7) is 6.93. The van der Waals surface area contributed by atoms with Crippen LogP contribution in [0.15, 0.2) is 0 Å². The molecule has 0 bridgehead atoms. The second-order valence-electron chi connectivity index (χ2n) is 6.18. The molecule has 0 aromatic heterocycles. The summed E-state index contributed by atoms with van der Waals surface area (Å²) in [5.41, 5.74) is 0. The van der Waals surface area contributed by atoms with Crippen LogP contribution in [0.5, 0.6) is 0 Å². The molecule has 1 unspecified atom stereocenters. The van der Waals surface area contributed by atoms with Crippen LogP contribution in [-0.4, -0.2) is 24.5 Å². The number of amides is 1. The Balaban J connectivity index is 2.20. The second-order valence-corrected chi connectivity index (χ2v) is 6.18. The fraction of sp³-hybridized carbons (Fsp3) is 0.938. The van der Waals surface area contributed by atoms with E-state index in [4.69, 9.17) is 0 Å². The molecule has 0 saturated heterocycles. The van der Waals surface area contributed by atoms with Crippen LogP contribution in [0, 0.1) is 5.92 Å². The molecule has 0 aromatic rings. The third kappa shape index (κ3) is 6.95. The Hall–Kier alpha value is -0.570. The molecular weight excluding hydrogens is 236 g/mol. The average molecular weight is 268 g/mol. The van der Waals surface area contributed by atoms with Gasteiger partial charge >= 0.3 is 0 Å². The number of nitrogens with one attached hydrogen (secondary N) is 2. The lowest BCUT2D eigenvalue weighted by Gasteiger charge is -2.24. The zero-order valence-electron chi connectivity index (χ0n) is 13.0. The lowest BCUT2D eigenvalue weighted by atomic mass is 9.93. The zero-order chi connectivity index (χ0) is 14.1. The van der Waals surface area contributed by atoms with Gasteiger partial charge in [0, 0.05) is 12.1 Å². The Morgan fingerprint density at radius 3 is 2.37 bits per heavy atom. The summed E-state index contributed by atoms with van der Waals surface area (Å²) in [5.74, 6) is 0.893. The molecule has 0 heterocycles. The van der Waals surface area contributed by atoms with Crippen LogP contribution in [0.2, 0.25) is 0 Å². The Kier molecular flexibility index (Phi) is 8.11. The molecule has 0 radical (unpaired) electrons. The number of hydrogen-bond acceptors (Lipinski definition) is 2. The zero-order valence-corrected chi connectivity index (χ0v) is 13.0. The summed E-state index contributed by atoms with van der Waals surface area (Å²) in [6.07, 6.45) is 10.3. The molecule has 1 fully saturated rings. The minimum Gasteiger partial charge on any atom is -0.353 e. The van der Waals surface area contributed by atoms with Crippen LogP contribution in [0.3, 0.4) is 0 Å². The van der Waals surface area contributed by atoms with E-state index in [1.807, 2.05) is 0 Å². The van der Waals surface area contributed by atoms with Crippen LogP contribution in [0.25, 0.3) is 0 Å². The first-order valence-electron chi connectivity index (χ1n) is 8.16. The van der Waals surface area contributed by atoms with Crippen molar-refractivity contribution in [3.05, 3.63) is 0 Å². The lowest BCUT2D eigenvalue weighted by molar-refractivity contribution is -0.121. The van der Waals surface area contributed by atoms with Gasteiger partial charge in [-0.25, -0.2) is 0 Å². The van der Waals surface area contributed by atoms with Gasteiger partial charge in [-0.2, -0.15) is 0 Å². The quantitative estimate of drug-likeness (QED) is 0.696. The van der Waals surface area contributed by atoms with Crippen LogP contribution in [0.1, 0.15) is 72.1 Å². The molecule has 3 nitrogen and oxygen atoms in total. The van der Waals surface area contributed by atoms with Crippen LogP contribution in [0.4, 0.5) is 0 Å². The molecule has 1 rings (SSSR count). The molecule has 1 saturated carbocycles. The Bertz CT molecular complexity index is 247. The van der Waals surface area contributed by atoms with Crippen molar-refractivity contribution < 1.29 is 4.79 Å². The predicted octanol–water partition coefficient (Wildman–Crippen LogP) is 3.24. The third-order valence-corrected chi connectivity index (χ3v) is 4.32. The molecule has 19 heavy (non-hydrogen) atoms. The highest BCUT2D eigenvalue weighted by Crippen LogP contribution is 2.25. The van der Waals surface area contributed by atoms with Crippen molar-refractivity contribution in [3.63, 3.8) is 0 Å². The fourth-order valence-corrected chi connectivity index (χ4v) is 3.06. The number of rotatable bonds is 7. The van der Waals surface area contributed by atoms with Gasteiger partial charge in [0.05, 0.1) is 6.54 Å². The highest BCUT2D eigenvalue weighted by atomic mass is 16.1. The number of carbonyl (C=O) groups excluding carboxylic acids is 1. The Morgan fingerprint density at radius 2 is 1.79 bits per heavy atom. The highest BCUT2D eigenvalue weighted by molar-refractivity contribution is 5.78. The Labute approximate surface area is 118 Å². The molecule has 0 aliphatic heterocycles. The van der Waals surface area contributed by atoms with Gasteiger partial charge in [-0.1, -0.05) is 39.0 Å². The van der Waals surface area contributed by atoms with E-state index < -0.39 is 0 Å². The number of hydrogen-bond donors (Lipinski definition) is 2. The normalized spacial score (nSPS) is 20.6. The minimum atomic E-state index is 0.140. The predicted molar refractivity (Wildman–Crippen MR) is 81.2 cm³/mol. The number of carbonyl (C=O) groups is 1. The van der Waals surface area contributed by atoms with Gasteiger partial charge in [0.1, 0.15) is 0 Å². The second kappa shape index (κ2) is 9.35. The average Bonchev–Trinajstić information content (AvgIpc) is 2.65. The monoisotopic (exact) mass is 268 g/mol. The van der Waals surface area contributed by atoms with Gasteiger partial charge in [0.2, 0.25) is 5.91 Å². The highest BCUT2D eigenvalue weighted by Gasteiger charge is 2.19. The van der Waals surface area contributed by atoms with Crippen molar-refractivity contribution in [3.8, 4) is 0 Å². The summed E-state index contributed by atoms with van der Waals surface area (Å²) in [4.78, 5) is 11.8. The molecule has 1 aliphatic carbocycles. The smallest absolute Gasteiger partial charge is 0.234 e. The maximum atomic E-state index is 11.8. The van der Waals surface area contributed by atoms with E-state index in [1.54, 1.807) is 0 Å². The first-order chi connectivity index (χ1) is 9.13. The van der Waals surface area contributed by atoms with E-state index in [0.29, 0.717) is 18.6 Å². The lowest BCUT2D eigenvalue weighted by Crippen LogP contribution is -2.43. The first-order valence-corrected chi connectivity index (χ1v) is 8.16. The van der Waals surface area contributed by atoms with Crippen LogP contribution < -0.4 is 10.6 Å². The van der Waals surface area contributed by atoms with Gasteiger partial charge in [-0.15, -0.1) is 0 Å². The molecule has 2 atom stereocenters. The largest absolute Gasteiger partial charge is 0.353 e. The van der Waals surface area contributed by atoms with Crippen LogP contribution in [-0.2, 0) is 4.79 Å². The molecule has 0 spiro atoms. The standard InChI is InChI=1S/C16H32N2O/c1-4-9-13(2)18-16(19)12-17-14(3)15-10-7-5-6-8-11-15/h13-15,17H,4-12H2,1-3H3,(H,18,19)/t13?,14-/m0/s1. The fourth-order valence-electron chi connectivity index (χ4n) is 3.06. The van der Waals surface area contributed by atoms with Gasteiger partial charge in [0.15, 0.2) is 0 Å². The molecule has 0 aromatic carbocycles. The Morgan fingerprint density at radius 1 is 1.16 bits per heavy atom. The van der Waals surface area contributed by atoms with E-state index in [-0.39, 0.29) is 5.91 Å². The van der Waals surface area contributed by atoms with Crippen molar-refractivity contribution in [2.24, 2.45) is 5.92 Å². The maximum absolute atomic E-state index is 11.8. The molecular formula is C16H32N2O. The van der Waals surface area contributed by atoms with Crippen molar-refractivity contribution in [2.75, 3.05) is 6.54 Å². The molecule has 1 aliphatic rings. The van der Waals surface area contributed by atoms with Crippen molar-refractivity contribution in [2.45, 2.75) is 84.2 Å². The summed E-state index contributed by atoms with van der Waals surface area (Å²) < 4.78 is 0. The van der Waals surface area contributed by atoms with E-state index in [1.165, 1.54) is 38.5 Å². The van der Waals surface area contributed by atoms with Gasteiger partial charge < -0.3 is 10.6 Å². The third-order valence-electron chi connectivity index (χ3n) is 4.32. The van der Waals surface area contributed by atoms with Crippen molar-refractivity contribution in [1.82, 2.24) is 10.6 Å². The molecule has 3 heteroatoms. The SMILES string of the molecule is CCCC(C)NC(=O)CN[C@@H](C)C1CCCCCC1. The molecule has 112 valence electrons. The topological polar surface area (TPSA) is 41.1 Å². The van der Waals surface area contributed by atoms with Crippen molar-refractivity contribution in [1.29, 1.82) is 0 Å². The summed E-state index contributed by atoms with van der Waals surface area (Å²) in [5, 5.41) is 6.47. The maximum Gasteiger partial charge on any atom is 0.234 e. The summed E-state index contributed by atoms with van der Waals surface area (Å²) >= 11 is 0. The van der Waals surface area contributed by atoms with E-state index in [2.05, 4.69) is 31.4 Å². The van der Waals surface area contributed by atoms with E-state index >= 15 is 0 Å². The van der Waals surface area contributed by atoms with E-state index in [0.717, 1.165) is 18.8 Å². The molecule has 1 amide bonds. The van der Waals surface area contributed by atoms with Crippen molar-refractivity contribution >= 4 is 5.91 Å². The molecule has 2 N–H and O–H groups in total. The van der Waals surface area contributed by atoms with Gasteiger partial charge in [0.25, 0.3) is 0 Å². The summed E-state index contributed by atoms with van der Waals surface area (Å²) in [7, 11) is 0. The minimum absolute atomic E-state index is 0.140.